The van der Waals surface area contributed by atoms with Crippen LogP contribution in [0.2, 0.25) is 0 Å². The van der Waals surface area contributed by atoms with Crippen molar-refractivity contribution in [3.63, 3.8) is 0 Å². The van der Waals surface area contributed by atoms with Gasteiger partial charge in [0.25, 0.3) is 0 Å². The first-order valence-electron chi connectivity index (χ1n) is 6.10. The first-order chi connectivity index (χ1) is 6.70. The Labute approximate surface area is 89.0 Å². The van der Waals surface area contributed by atoms with Crippen molar-refractivity contribution in [3.8, 4) is 0 Å². The van der Waals surface area contributed by atoms with E-state index in [0.717, 1.165) is 5.92 Å². The lowest BCUT2D eigenvalue weighted by atomic mass is 9.94. The Kier molecular flexibility index (Phi) is 5.24. The van der Waals surface area contributed by atoms with Gasteiger partial charge in [0.15, 0.2) is 0 Å². The second kappa shape index (κ2) is 6.23. The van der Waals surface area contributed by atoms with Crippen molar-refractivity contribution in [1.82, 2.24) is 5.32 Å². The second-order valence-corrected chi connectivity index (χ2v) is 4.82. The minimum absolute atomic E-state index is 0.667. The summed E-state index contributed by atoms with van der Waals surface area (Å²) in [7, 11) is 0. The van der Waals surface area contributed by atoms with Crippen LogP contribution in [0.25, 0.3) is 0 Å². The van der Waals surface area contributed by atoms with Gasteiger partial charge >= 0.3 is 0 Å². The fourth-order valence-electron chi connectivity index (χ4n) is 2.01. The molecule has 0 bridgehead atoms. The van der Waals surface area contributed by atoms with Gasteiger partial charge in [-0.15, -0.1) is 0 Å². The van der Waals surface area contributed by atoms with Crippen LogP contribution in [0, 0.1) is 5.92 Å². The third kappa shape index (κ3) is 4.28. The molecule has 1 unspecified atom stereocenters. The van der Waals surface area contributed by atoms with Crippen molar-refractivity contribution in [2.24, 2.45) is 5.92 Å². The van der Waals surface area contributed by atoms with Crippen molar-refractivity contribution in [1.29, 1.82) is 0 Å². The van der Waals surface area contributed by atoms with E-state index < -0.39 is 0 Å². The van der Waals surface area contributed by atoms with Crippen LogP contribution in [-0.4, -0.2) is 12.6 Å². The van der Waals surface area contributed by atoms with E-state index in [0.29, 0.717) is 6.04 Å². The molecule has 1 nitrogen and oxygen atoms in total. The summed E-state index contributed by atoms with van der Waals surface area (Å²) >= 11 is 0. The highest BCUT2D eigenvalue weighted by Gasteiger charge is 2.12. The summed E-state index contributed by atoms with van der Waals surface area (Å²) in [6.07, 6.45) is 7.79. The zero-order valence-corrected chi connectivity index (χ0v) is 9.81. The maximum absolute atomic E-state index is 4.16. The Morgan fingerprint density at radius 3 is 2.71 bits per heavy atom. The Morgan fingerprint density at radius 1 is 1.14 bits per heavy atom. The first-order valence-corrected chi connectivity index (χ1v) is 6.10. The molecule has 0 amide bonds. The summed E-state index contributed by atoms with van der Waals surface area (Å²) in [5.74, 6) is 0.782. The highest BCUT2D eigenvalue weighted by molar-refractivity contribution is 4.94. The molecule has 1 fully saturated rings. The van der Waals surface area contributed by atoms with E-state index in [2.05, 4.69) is 25.7 Å². The van der Waals surface area contributed by atoms with Gasteiger partial charge in [-0.1, -0.05) is 25.5 Å². The third-order valence-corrected chi connectivity index (χ3v) is 3.48. The molecule has 1 aliphatic rings. The largest absolute Gasteiger partial charge is 0.314 e. The molecule has 0 spiro atoms. The molecular weight excluding hydrogens is 170 g/mol. The normalized spacial score (nSPS) is 32.3. The van der Waals surface area contributed by atoms with E-state index in [-0.39, 0.29) is 0 Å². The van der Waals surface area contributed by atoms with Gasteiger partial charge in [0.05, 0.1) is 0 Å². The monoisotopic (exact) mass is 195 g/mol. The van der Waals surface area contributed by atoms with Gasteiger partial charge in [-0.05, 0) is 51.5 Å². The number of hydrogen-bond acceptors (Lipinski definition) is 1. The molecule has 82 valence electrons. The van der Waals surface area contributed by atoms with Crippen LogP contribution in [0.1, 0.15) is 52.4 Å². The maximum atomic E-state index is 4.16. The molecule has 1 saturated heterocycles. The minimum Gasteiger partial charge on any atom is -0.314 e. The molecule has 1 aliphatic heterocycles. The zero-order chi connectivity index (χ0) is 10.4. The highest BCUT2D eigenvalue weighted by atomic mass is 14.9. The van der Waals surface area contributed by atoms with Crippen LogP contribution < -0.4 is 5.32 Å². The molecule has 1 N–H and O–H groups in total. The molecule has 0 aliphatic carbocycles. The fourth-order valence-corrected chi connectivity index (χ4v) is 2.01. The standard InChI is InChI=1S/C13H25N/c1-11-7-5-4-6-10-14-13(3)12(2)9-8-11/h12-14H,1,4-10H2,2-3H3/t12?,13-/m1/s1. The van der Waals surface area contributed by atoms with Crippen molar-refractivity contribution < 1.29 is 0 Å². The predicted molar refractivity (Wildman–Crippen MR) is 63.5 cm³/mol. The summed E-state index contributed by atoms with van der Waals surface area (Å²) in [4.78, 5) is 0. The van der Waals surface area contributed by atoms with Gasteiger partial charge in [0.1, 0.15) is 0 Å². The van der Waals surface area contributed by atoms with E-state index in [4.69, 9.17) is 0 Å². The van der Waals surface area contributed by atoms with Crippen molar-refractivity contribution in [2.75, 3.05) is 6.54 Å². The van der Waals surface area contributed by atoms with Gasteiger partial charge in [-0.2, -0.15) is 0 Å². The van der Waals surface area contributed by atoms with Gasteiger partial charge in [0, 0.05) is 6.04 Å². The molecule has 14 heavy (non-hydrogen) atoms. The summed E-state index contributed by atoms with van der Waals surface area (Å²) in [6, 6.07) is 0.667. The summed E-state index contributed by atoms with van der Waals surface area (Å²) in [5.41, 5.74) is 1.46. The average Bonchev–Trinajstić information content (AvgIpc) is 2.20. The Hall–Kier alpha value is -0.300. The lowest BCUT2D eigenvalue weighted by molar-refractivity contribution is 0.379. The van der Waals surface area contributed by atoms with Crippen molar-refractivity contribution >= 4 is 0 Å². The van der Waals surface area contributed by atoms with Crippen LogP contribution in [0.15, 0.2) is 12.2 Å². The van der Waals surface area contributed by atoms with E-state index in [1.54, 1.807) is 0 Å². The topological polar surface area (TPSA) is 12.0 Å². The zero-order valence-electron chi connectivity index (χ0n) is 9.81. The molecule has 2 atom stereocenters. The van der Waals surface area contributed by atoms with E-state index >= 15 is 0 Å². The van der Waals surface area contributed by atoms with Crippen LogP contribution >= 0.6 is 0 Å². The van der Waals surface area contributed by atoms with E-state index in [9.17, 15) is 0 Å². The smallest absolute Gasteiger partial charge is 0.00644 e. The molecule has 1 heteroatoms. The molecule has 1 heterocycles. The lowest BCUT2D eigenvalue weighted by Gasteiger charge is -2.21. The number of rotatable bonds is 0. The molecule has 0 aromatic heterocycles. The Morgan fingerprint density at radius 2 is 1.93 bits per heavy atom. The molecule has 0 aromatic rings. The molecule has 0 radical (unpaired) electrons. The summed E-state index contributed by atoms with van der Waals surface area (Å²) in [6.45, 7) is 10.0. The van der Waals surface area contributed by atoms with Gasteiger partial charge < -0.3 is 5.32 Å². The van der Waals surface area contributed by atoms with Crippen molar-refractivity contribution in [3.05, 3.63) is 12.2 Å². The van der Waals surface area contributed by atoms with Crippen molar-refractivity contribution in [2.45, 2.75) is 58.4 Å². The van der Waals surface area contributed by atoms with Crippen LogP contribution in [-0.2, 0) is 0 Å². The van der Waals surface area contributed by atoms with E-state index in [1.165, 1.54) is 50.6 Å². The average molecular weight is 195 g/mol. The Bertz CT molecular complexity index is 174. The first kappa shape index (κ1) is 11.8. The lowest BCUT2D eigenvalue weighted by Crippen LogP contribution is -2.32. The van der Waals surface area contributed by atoms with E-state index in [1.807, 2.05) is 0 Å². The number of nitrogens with one attached hydrogen (secondary N) is 1. The third-order valence-electron chi connectivity index (χ3n) is 3.48. The Balaban J connectivity index is 2.40. The number of hydrogen-bond donors (Lipinski definition) is 1. The highest BCUT2D eigenvalue weighted by Crippen LogP contribution is 2.19. The van der Waals surface area contributed by atoms with Gasteiger partial charge in [-0.3, -0.25) is 0 Å². The minimum atomic E-state index is 0.667. The van der Waals surface area contributed by atoms with Gasteiger partial charge in [-0.25, -0.2) is 0 Å². The van der Waals surface area contributed by atoms with Crippen LogP contribution in [0.5, 0.6) is 0 Å². The quantitative estimate of drug-likeness (QED) is 0.583. The fraction of sp³-hybridized carbons (Fsp3) is 0.846. The maximum Gasteiger partial charge on any atom is 0.00644 e. The molecule has 0 saturated carbocycles. The van der Waals surface area contributed by atoms with Crippen LogP contribution in [0.4, 0.5) is 0 Å². The summed E-state index contributed by atoms with van der Waals surface area (Å²) < 4.78 is 0. The molecular formula is C13H25N. The second-order valence-electron chi connectivity index (χ2n) is 4.82. The van der Waals surface area contributed by atoms with Gasteiger partial charge in [0.2, 0.25) is 0 Å². The molecule has 0 aromatic carbocycles. The van der Waals surface area contributed by atoms with Crippen LogP contribution in [0.3, 0.4) is 0 Å². The number of allylic oxidation sites excluding steroid dienone is 1. The SMILES string of the molecule is C=C1CCCCCN[C@H](C)C(C)CC1. The molecule has 1 rings (SSSR count). The predicted octanol–water partition coefficient (Wildman–Crippen LogP) is 3.51. The summed E-state index contributed by atoms with van der Waals surface area (Å²) in [5, 5.41) is 3.61.